The first-order valence-corrected chi connectivity index (χ1v) is 9.62. The van der Waals surface area contributed by atoms with E-state index in [1.807, 2.05) is 18.7 Å². The van der Waals surface area contributed by atoms with Gasteiger partial charge in [-0.15, -0.1) is 24.0 Å². The molecule has 0 unspecified atom stereocenters. The molecule has 0 saturated heterocycles. The lowest BCUT2D eigenvalue weighted by Crippen LogP contribution is -2.40. The third-order valence-electron chi connectivity index (χ3n) is 5.32. The van der Waals surface area contributed by atoms with Crippen molar-refractivity contribution in [3.8, 4) is 5.69 Å². The highest BCUT2D eigenvalue weighted by atomic mass is 127. The maximum absolute atomic E-state index is 5.24. The van der Waals surface area contributed by atoms with Crippen LogP contribution in [0.2, 0.25) is 0 Å². The molecular weight excluding hydrogens is 465 g/mol. The van der Waals surface area contributed by atoms with Crippen LogP contribution in [-0.4, -0.2) is 43.0 Å². The number of nitrogens with zero attached hydrogens (tertiary/aromatic N) is 3. The minimum absolute atomic E-state index is 0. The largest absolute Gasteiger partial charge is 0.385 e. The number of benzene rings is 1. The van der Waals surface area contributed by atoms with Crippen molar-refractivity contribution in [1.82, 2.24) is 20.4 Å². The number of halogens is 1. The van der Waals surface area contributed by atoms with Gasteiger partial charge in [0.05, 0.1) is 11.4 Å². The van der Waals surface area contributed by atoms with Gasteiger partial charge in [0.1, 0.15) is 0 Å². The van der Waals surface area contributed by atoms with Gasteiger partial charge >= 0.3 is 0 Å². The molecule has 7 heteroatoms. The summed E-state index contributed by atoms with van der Waals surface area (Å²) in [5.74, 6) is 0.835. The first-order chi connectivity index (χ1) is 13.1. The average molecular weight is 497 g/mol. The molecule has 154 valence electrons. The highest BCUT2D eigenvalue weighted by molar-refractivity contribution is 14.0. The Morgan fingerprint density at radius 3 is 2.61 bits per heavy atom. The normalized spacial score (nSPS) is 15.1. The van der Waals surface area contributed by atoms with E-state index in [0.29, 0.717) is 12.0 Å². The Kier molecular flexibility index (Phi) is 8.30. The van der Waals surface area contributed by atoms with Gasteiger partial charge in [0.15, 0.2) is 5.96 Å². The predicted molar refractivity (Wildman–Crippen MR) is 125 cm³/mol. The molecule has 0 aliphatic heterocycles. The van der Waals surface area contributed by atoms with Gasteiger partial charge in [0.2, 0.25) is 0 Å². The van der Waals surface area contributed by atoms with Gasteiger partial charge in [-0.3, -0.25) is 4.99 Å². The second-order valence-corrected chi connectivity index (χ2v) is 7.49. The molecular formula is C21H32IN5O. The van der Waals surface area contributed by atoms with Crippen molar-refractivity contribution < 1.29 is 4.74 Å². The molecule has 1 aromatic heterocycles. The number of para-hydroxylation sites is 1. The Morgan fingerprint density at radius 2 is 2.00 bits per heavy atom. The van der Waals surface area contributed by atoms with Gasteiger partial charge in [-0.2, -0.15) is 5.10 Å². The van der Waals surface area contributed by atoms with Crippen LogP contribution in [-0.2, 0) is 11.3 Å². The van der Waals surface area contributed by atoms with E-state index in [1.54, 1.807) is 7.11 Å². The number of rotatable bonds is 8. The van der Waals surface area contributed by atoms with Crippen LogP contribution in [0.4, 0.5) is 0 Å². The van der Waals surface area contributed by atoms with E-state index in [2.05, 4.69) is 58.0 Å². The number of hydrogen-bond acceptors (Lipinski definition) is 3. The quantitative estimate of drug-likeness (QED) is 0.333. The number of guanidine groups is 1. The lowest BCUT2D eigenvalue weighted by molar-refractivity contribution is 0.172. The third-order valence-corrected chi connectivity index (χ3v) is 5.32. The Balaban J connectivity index is 0.00000280. The van der Waals surface area contributed by atoms with Crippen molar-refractivity contribution in [3.05, 3.63) is 47.3 Å². The maximum atomic E-state index is 5.24. The smallest absolute Gasteiger partial charge is 0.191 e. The molecule has 0 radical (unpaired) electrons. The number of methoxy groups -OCH3 is 1. The highest BCUT2D eigenvalue weighted by Gasteiger charge is 2.41. The molecule has 0 spiro atoms. The van der Waals surface area contributed by atoms with Gasteiger partial charge in [-0.05, 0) is 56.2 Å². The Hall–Kier alpha value is -1.61. The number of aromatic nitrogens is 2. The monoisotopic (exact) mass is 497 g/mol. The van der Waals surface area contributed by atoms with Crippen molar-refractivity contribution in [3.63, 3.8) is 0 Å². The van der Waals surface area contributed by atoms with E-state index in [9.17, 15) is 0 Å². The van der Waals surface area contributed by atoms with Crippen LogP contribution >= 0.6 is 24.0 Å². The van der Waals surface area contributed by atoms with Gasteiger partial charge in [-0.1, -0.05) is 18.2 Å². The van der Waals surface area contributed by atoms with Gasteiger partial charge in [-0.25, -0.2) is 4.68 Å². The van der Waals surface area contributed by atoms with Gasteiger partial charge in [0, 0.05) is 39.5 Å². The zero-order chi connectivity index (χ0) is 19.3. The van der Waals surface area contributed by atoms with E-state index in [4.69, 9.17) is 4.74 Å². The van der Waals surface area contributed by atoms with Crippen molar-refractivity contribution in [2.75, 3.05) is 27.3 Å². The molecule has 1 fully saturated rings. The lowest BCUT2D eigenvalue weighted by Gasteiger charge is -2.19. The van der Waals surface area contributed by atoms with Crippen LogP contribution in [0.25, 0.3) is 5.69 Å². The SMILES string of the molecule is CN=C(NCc1ccccc1-n1nc(C)cc1C)NCC1(CCOC)CC1.I. The number of nitrogens with one attached hydrogen (secondary N) is 2. The van der Waals surface area contributed by atoms with E-state index in [-0.39, 0.29) is 24.0 Å². The van der Waals surface area contributed by atoms with E-state index in [0.717, 1.165) is 42.6 Å². The summed E-state index contributed by atoms with van der Waals surface area (Å²) < 4.78 is 7.25. The molecule has 0 amide bonds. The predicted octanol–water partition coefficient (Wildman–Crippen LogP) is 3.59. The van der Waals surface area contributed by atoms with Gasteiger partial charge < -0.3 is 15.4 Å². The van der Waals surface area contributed by atoms with Crippen molar-refractivity contribution >= 4 is 29.9 Å². The molecule has 6 nitrogen and oxygen atoms in total. The number of aryl methyl sites for hydroxylation is 2. The molecule has 3 rings (SSSR count). The third kappa shape index (κ3) is 5.70. The summed E-state index contributed by atoms with van der Waals surface area (Å²) in [6.45, 7) is 6.56. The van der Waals surface area contributed by atoms with Crippen LogP contribution < -0.4 is 10.6 Å². The second-order valence-electron chi connectivity index (χ2n) is 7.49. The van der Waals surface area contributed by atoms with Crippen LogP contribution in [0.3, 0.4) is 0 Å². The van der Waals surface area contributed by atoms with Crippen molar-refractivity contribution in [2.45, 2.75) is 39.7 Å². The Bertz CT molecular complexity index is 798. The molecule has 1 aliphatic rings. The average Bonchev–Trinajstić information content (AvgIpc) is 3.37. The summed E-state index contributed by atoms with van der Waals surface area (Å²) in [6, 6.07) is 10.4. The Labute approximate surface area is 185 Å². The minimum atomic E-state index is 0. The lowest BCUT2D eigenvalue weighted by atomic mass is 10.0. The Morgan fingerprint density at radius 1 is 1.25 bits per heavy atom. The van der Waals surface area contributed by atoms with E-state index >= 15 is 0 Å². The summed E-state index contributed by atoms with van der Waals surface area (Å²) in [5.41, 5.74) is 4.83. The molecule has 28 heavy (non-hydrogen) atoms. The molecule has 0 atom stereocenters. The number of aliphatic imine (C=N–C) groups is 1. The molecule has 0 bridgehead atoms. The van der Waals surface area contributed by atoms with Crippen molar-refractivity contribution in [1.29, 1.82) is 0 Å². The van der Waals surface area contributed by atoms with Crippen LogP contribution in [0.5, 0.6) is 0 Å². The zero-order valence-electron chi connectivity index (χ0n) is 17.3. The van der Waals surface area contributed by atoms with Crippen LogP contribution in [0.15, 0.2) is 35.3 Å². The fraction of sp³-hybridized carbons (Fsp3) is 0.524. The fourth-order valence-electron chi connectivity index (χ4n) is 3.42. The molecule has 1 aliphatic carbocycles. The summed E-state index contributed by atoms with van der Waals surface area (Å²) in [7, 11) is 3.58. The molecule has 1 heterocycles. The second kappa shape index (κ2) is 10.2. The van der Waals surface area contributed by atoms with Gasteiger partial charge in [0.25, 0.3) is 0 Å². The van der Waals surface area contributed by atoms with Crippen molar-refractivity contribution in [2.24, 2.45) is 10.4 Å². The molecule has 1 aromatic carbocycles. The summed E-state index contributed by atoms with van der Waals surface area (Å²) in [4.78, 5) is 4.38. The van der Waals surface area contributed by atoms with E-state index < -0.39 is 0 Å². The molecule has 2 N–H and O–H groups in total. The molecule has 1 saturated carbocycles. The maximum Gasteiger partial charge on any atom is 0.191 e. The zero-order valence-corrected chi connectivity index (χ0v) is 19.6. The standard InChI is InChI=1S/C21H31N5O.HI/c1-16-13-17(2)26(25-16)19-8-6-5-7-18(19)14-23-20(22-3)24-15-21(9-10-21)11-12-27-4;/h5-8,13H,9-12,14-15H2,1-4H3,(H2,22,23,24);1H. The van der Waals surface area contributed by atoms with Crippen LogP contribution in [0, 0.1) is 19.3 Å². The number of hydrogen-bond donors (Lipinski definition) is 2. The minimum Gasteiger partial charge on any atom is -0.385 e. The summed E-state index contributed by atoms with van der Waals surface area (Å²) in [5, 5.41) is 11.6. The highest BCUT2D eigenvalue weighted by Crippen LogP contribution is 2.48. The summed E-state index contributed by atoms with van der Waals surface area (Å²) >= 11 is 0. The van der Waals surface area contributed by atoms with E-state index in [1.165, 1.54) is 18.4 Å². The first kappa shape index (κ1) is 22.7. The molecule has 2 aromatic rings. The fourth-order valence-corrected chi connectivity index (χ4v) is 3.42. The van der Waals surface area contributed by atoms with Crippen LogP contribution in [0.1, 0.15) is 36.2 Å². The summed E-state index contributed by atoms with van der Waals surface area (Å²) in [6.07, 6.45) is 3.64. The first-order valence-electron chi connectivity index (χ1n) is 9.62. The topological polar surface area (TPSA) is 63.5 Å². The number of ether oxygens (including phenoxy) is 1.